The summed E-state index contributed by atoms with van der Waals surface area (Å²) in [5.41, 5.74) is 4.85. The number of phenols is 1. The number of aromatic hydroxyl groups is 1. The first kappa shape index (κ1) is 19.5. The monoisotopic (exact) mass is 393 g/mol. The molecule has 0 bridgehead atoms. The highest BCUT2D eigenvalue weighted by atomic mass is 16.5. The third-order valence-corrected chi connectivity index (χ3v) is 5.97. The number of carbonyl (C=O) groups excluding carboxylic acids is 2. The fourth-order valence-corrected chi connectivity index (χ4v) is 4.75. The Bertz CT molecular complexity index is 912. The first-order chi connectivity index (χ1) is 14.0. The number of ketones is 2. The van der Waals surface area contributed by atoms with Gasteiger partial charge < -0.3 is 15.2 Å². The van der Waals surface area contributed by atoms with Crippen LogP contribution in [0.4, 0.5) is 0 Å². The highest BCUT2D eigenvalue weighted by Crippen LogP contribution is 2.47. The summed E-state index contributed by atoms with van der Waals surface area (Å²) in [5, 5.41) is 14.0. The highest BCUT2D eigenvalue weighted by Gasteiger charge is 2.40. The summed E-state index contributed by atoms with van der Waals surface area (Å²) in [6.07, 6.45) is 6.50. The fourth-order valence-electron chi connectivity index (χ4n) is 4.75. The van der Waals surface area contributed by atoms with E-state index in [-0.39, 0.29) is 17.3 Å². The van der Waals surface area contributed by atoms with Crippen LogP contribution in [0.1, 0.15) is 62.5 Å². The number of carbonyl (C=O) groups is 2. The van der Waals surface area contributed by atoms with Crippen molar-refractivity contribution < 1.29 is 19.4 Å². The lowest BCUT2D eigenvalue weighted by Crippen LogP contribution is -2.36. The second kappa shape index (κ2) is 7.90. The van der Waals surface area contributed by atoms with Crippen LogP contribution in [0.5, 0.6) is 11.5 Å². The van der Waals surface area contributed by atoms with E-state index in [1.54, 1.807) is 12.1 Å². The summed E-state index contributed by atoms with van der Waals surface area (Å²) < 4.78 is 5.68. The van der Waals surface area contributed by atoms with Crippen molar-refractivity contribution in [2.45, 2.75) is 57.8 Å². The molecule has 1 aromatic carbocycles. The molecule has 152 valence electrons. The van der Waals surface area contributed by atoms with Crippen LogP contribution >= 0.6 is 0 Å². The van der Waals surface area contributed by atoms with Crippen molar-refractivity contribution in [1.82, 2.24) is 5.32 Å². The molecule has 1 heterocycles. The Balaban J connectivity index is 1.93. The lowest BCUT2D eigenvalue weighted by molar-refractivity contribution is -0.116. The van der Waals surface area contributed by atoms with Crippen LogP contribution in [-0.4, -0.2) is 23.3 Å². The van der Waals surface area contributed by atoms with E-state index in [1.807, 2.05) is 13.0 Å². The molecule has 0 unspecified atom stereocenters. The smallest absolute Gasteiger partial charge is 0.161 e. The van der Waals surface area contributed by atoms with Crippen LogP contribution in [0.3, 0.4) is 0 Å². The Morgan fingerprint density at radius 2 is 1.72 bits per heavy atom. The summed E-state index contributed by atoms with van der Waals surface area (Å²) in [7, 11) is 0. The first-order valence-corrected chi connectivity index (χ1v) is 10.4. The van der Waals surface area contributed by atoms with Crippen molar-refractivity contribution in [2.24, 2.45) is 0 Å². The SMILES string of the molecule is C=CCc1cc(C2C3=C(CCCC3=O)NC3=C2C(=O)CCC3)cc(OCC)c1O. The molecule has 1 aliphatic heterocycles. The number of phenolic OH excluding ortho intramolecular Hbond substituents is 1. The van der Waals surface area contributed by atoms with E-state index >= 15 is 0 Å². The Morgan fingerprint density at radius 3 is 2.28 bits per heavy atom. The molecule has 0 atom stereocenters. The van der Waals surface area contributed by atoms with E-state index < -0.39 is 5.92 Å². The molecule has 0 spiro atoms. The summed E-state index contributed by atoms with van der Waals surface area (Å²) in [6, 6.07) is 3.69. The largest absolute Gasteiger partial charge is 0.504 e. The number of hydrogen-bond acceptors (Lipinski definition) is 5. The molecule has 2 aliphatic carbocycles. The third kappa shape index (κ3) is 3.39. The number of benzene rings is 1. The lowest BCUT2D eigenvalue weighted by Gasteiger charge is -2.37. The molecule has 0 aromatic heterocycles. The van der Waals surface area contributed by atoms with Gasteiger partial charge in [0.2, 0.25) is 0 Å². The van der Waals surface area contributed by atoms with Crippen LogP contribution in [0.2, 0.25) is 0 Å². The minimum Gasteiger partial charge on any atom is -0.504 e. The van der Waals surface area contributed by atoms with Gasteiger partial charge in [-0.2, -0.15) is 0 Å². The lowest BCUT2D eigenvalue weighted by atomic mass is 9.71. The maximum atomic E-state index is 13.0. The average molecular weight is 393 g/mol. The van der Waals surface area contributed by atoms with E-state index in [2.05, 4.69) is 11.9 Å². The van der Waals surface area contributed by atoms with Crippen LogP contribution in [-0.2, 0) is 16.0 Å². The molecular formula is C24H27NO4. The molecule has 3 aliphatic rings. The first-order valence-electron chi connectivity index (χ1n) is 10.4. The molecule has 1 aromatic rings. The molecule has 5 heteroatoms. The third-order valence-electron chi connectivity index (χ3n) is 5.97. The van der Waals surface area contributed by atoms with Crippen LogP contribution < -0.4 is 10.1 Å². The highest BCUT2D eigenvalue weighted by molar-refractivity contribution is 6.06. The normalized spacial score (nSPS) is 19.6. The van der Waals surface area contributed by atoms with Crippen LogP contribution in [0, 0.1) is 0 Å². The van der Waals surface area contributed by atoms with E-state index in [0.717, 1.165) is 42.6 Å². The van der Waals surface area contributed by atoms with Crippen molar-refractivity contribution >= 4 is 11.6 Å². The number of nitrogens with one attached hydrogen (secondary N) is 1. The zero-order valence-electron chi connectivity index (χ0n) is 16.8. The van der Waals surface area contributed by atoms with Gasteiger partial charge in [-0.1, -0.05) is 12.1 Å². The van der Waals surface area contributed by atoms with Gasteiger partial charge in [0, 0.05) is 46.9 Å². The van der Waals surface area contributed by atoms with Crippen molar-refractivity contribution in [3.8, 4) is 11.5 Å². The van der Waals surface area contributed by atoms with Gasteiger partial charge in [-0.25, -0.2) is 0 Å². The number of hydrogen-bond donors (Lipinski definition) is 2. The maximum Gasteiger partial charge on any atom is 0.161 e. The maximum absolute atomic E-state index is 13.0. The van der Waals surface area contributed by atoms with Gasteiger partial charge in [-0.15, -0.1) is 6.58 Å². The van der Waals surface area contributed by atoms with Gasteiger partial charge in [0.25, 0.3) is 0 Å². The minimum atomic E-state index is -0.398. The van der Waals surface area contributed by atoms with Gasteiger partial charge in [0.05, 0.1) is 6.61 Å². The van der Waals surface area contributed by atoms with Crippen molar-refractivity contribution in [3.63, 3.8) is 0 Å². The summed E-state index contributed by atoms with van der Waals surface area (Å²) in [5.74, 6) is 0.286. The minimum absolute atomic E-state index is 0.0952. The molecule has 0 saturated heterocycles. The van der Waals surface area contributed by atoms with Crippen LogP contribution in [0.25, 0.3) is 0 Å². The molecule has 29 heavy (non-hydrogen) atoms. The van der Waals surface area contributed by atoms with Gasteiger partial charge in [0.1, 0.15) is 0 Å². The Labute approximate surface area is 171 Å². The zero-order chi connectivity index (χ0) is 20.5. The molecule has 2 N–H and O–H groups in total. The number of dihydropyridines is 1. The quantitative estimate of drug-likeness (QED) is 0.733. The average Bonchev–Trinajstić information content (AvgIpc) is 2.70. The molecule has 0 saturated carbocycles. The van der Waals surface area contributed by atoms with E-state index in [0.29, 0.717) is 48.3 Å². The van der Waals surface area contributed by atoms with Crippen molar-refractivity contribution in [1.29, 1.82) is 0 Å². The second-order valence-corrected chi connectivity index (χ2v) is 7.85. The van der Waals surface area contributed by atoms with Gasteiger partial charge >= 0.3 is 0 Å². The molecule has 5 nitrogen and oxygen atoms in total. The molecule has 0 amide bonds. The fraction of sp³-hybridized carbons (Fsp3) is 0.417. The van der Waals surface area contributed by atoms with Crippen molar-refractivity contribution in [2.75, 3.05) is 6.61 Å². The second-order valence-electron chi connectivity index (χ2n) is 7.85. The molecule has 4 rings (SSSR count). The Morgan fingerprint density at radius 1 is 1.10 bits per heavy atom. The summed E-state index contributed by atoms with van der Waals surface area (Å²) in [4.78, 5) is 25.9. The molecule has 0 radical (unpaired) electrons. The predicted octanol–water partition coefficient (Wildman–Crippen LogP) is 4.22. The van der Waals surface area contributed by atoms with E-state index in [9.17, 15) is 14.7 Å². The number of Topliss-reactive ketones (excluding diaryl/α,β-unsaturated/α-hetero) is 2. The topological polar surface area (TPSA) is 75.6 Å². The van der Waals surface area contributed by atoms with Crippen molar-refractivity contribution in [3.05, 3.63) is 58.5 Å². The van der Waals surface area contributed by atoms with Gasteiger partial charge in [-0.3, -0.25) is 9.59 Å². The zero-order valence-corrected chi connectivity index (χ0v) is 16.8. The summed E-state index contributed by atoms with van der Waals surface area (Å²) >= 11 is 0. The number of ether oxygens (including phenoxy) is 1. The van der Waals surface area contributed by atoms with E-state index in [1.165, 1.54) is 0 Å². The standard InChI is InChI=1S/C24H27NO4/c1-3-7-14-12-15(13-20(24(14)28)29-4-2)21-22-16(8-5-10-18(22)26)25-17-9-6-11-19(27)23(17)21/h3,12-13,21,25,28H,1,4-11H2,2H3. The molecular weight excluding hydrogens is 366 g/mol. The number of allylic oxidation sites excluding steroid dienone is 5. The van der Waals surface area contributed by atoms with Gasteiger partial charge in [0.15, 0.2) is 23.1 Å². The Hall–Kier alpha value is -2.82. The number of rotatable bonds is 5. The van der Waals surface area contributed by atoms with E-state index in [4.69, 9.17) is 4.74 Å². The Kier molecular flexibility index (Phi) is 5.31. The predicted molar refractivity (Wildman–Crippen MR) is 111 cm³/mol. The van der Waals surface area contributed by atoms with Gasteiger partial charge in [-0.05, 0) is 50.7 Å². The summed E-state index contributed by atoms with van der Waals surface area (Å²) in [6.45, 7) is 6.06. The molecule has 0 fully saturated rings. The van der Waals surface area contributed by atoms with Crippen LogP contribution in [0.15, 0.2) is 47.3 Å².